The smallest absolute Gasteiger partial charge is 0.193 e. The lowest BCUT2D eigenvalue weighted by molar-refractivity contribution is 0.0977. The van der Waals surface area contributed by atoms with Crippen molar-refractivity contribution in [2.24, 2.45) is 0 Å². The Bertz CT molecular complexity index is 1840. The molecule has 224 valence electrons. The molecule has 7 rings (SSSR count). The normalized spacial score (nSPS) is 17.0. The number of carbonyl (C=O) groups is 2. The molecule has 1 fully saturated rings. The zero-order valence-electron chi connectivity index (χ0n) is 24.6. The molecule has 6 nitrogen and oxygen atoms in total. The van der Waals surface area contributed by atoms with E-state index in [0.29, 0.717) is 18.0 Å². The SMILES string of the molecule is O=C(c1ccccc1)c1ccc2c(c1)CCC/C(CCC(=O)c1csc(C3CCN(c4ncnc5ccsc45)CC3)n1)=C\C2.[HH]. The summed E-state index contributed by atoms with van der Waals surface area (Å²) in [7, 11) is 0. The van der Waals surface area contributed by atoms with Crippen molar-refractivity contribution in [1.29, 1.82) is 0 Å². The summed E-state index contributed by atoms with van der Waals surface area (Å²) in [5.74, 6) is 1.63. The van der Waals surface area contributed by atoms with Crippen molar-refractivity contribution in [1.82, 2.24) is 15.0 Å². The third-order valence-corrected chi connectivity index (χ3v) is 10.8. The zero-order chi connectivity index (χ0) is 29.9. The van der Waals surface area contributed by atoms with E-state index in [0.717, 1.165) is 90.2 Å². The van der Waals surface area contributed by atoms with Gasteiger partial charge in [0, 0.05) is 43.4 Å². The minimum absolute atomic E-state index is 0. The lowest BCUT2D eigenvalue weighted by atomic mass is 9.89. The van der Waals surface area contributed by atoms with E-state index < -0.39 is 0 Å². The molecule has 0 N–H and O–H groups in total. The topological polar surface area (TPSA) is 76.1 Å². The van der Waals surface area contributed by atoms with Crippen LogP contribution in [0.25, 0.3) is 10.2 Å². The number of thiophene rings is 1. The van der Waals surface area contributed by atoms with E-state index in [9.17, 15) is 9.59 Å². The van der Waals surface area contributed by atoms with Crippen LogP contribution in [0.4, 0.5) is 5.82 Å². The number of Topliss-reactive ketones (excluding diaryl/α,β-unsaturated/α-hetero) is 1. The summed E-state index contributed by atoms with van der Waals surface area (Å²) < 4.78 is 1.15. The molecule has 0 bridgehead atoms. The molecular weight excluding hydrogens is 585 g/mol. The van der Waals surface area contributed by atoms with Crippen LogP contribution in [0.5, 0.6) is 0 Å². The number of benzene rings is 2. The number of thiazole rings is 1. The van der Waals surface area contributed by atoms with Crippen molar-refractivity contribution >= 4 is 50.3 Å². The Balaban J connectivity index is 0.00000357. The first-order chi connectivity index (χ1) is 21.6. The predicted molar refractivity (Wildman–Crippen MR) is 180 cm³/mol. The Morgan fingerprint density at radius 2 is 1.80 bits per heavy atom. The average Bonchev–Trinajstić information content (AvgIpc) is 3.75. The number of piperidine rings is 1. The molecule has 0 radical (unpaired) electrons. The molecule has 1 aliphatic heterocycles. The third-order valence-electron chi connectivity index (χ3n) is 8.91. The van der Waals surface area contributed by atoms with Crippen LogP contribution >= 0.6 is 22.7 Å². The van der Waals surface area contributed by atoms with E-state index in [1.54, 1.807) is 29.0 Å². The predicted octanol–water partition coefficient (Wildman–Crippen LogP) is 8.48. The van der Waals surface area contributed by atoms with Crippen LogP contribution in [0.2, 0.25) is 0 Å². The highest BCUT2D eigenvalue weighted by atomic mass is 32.1. The molecule has 2 aliphatic rings. The Morgan fingerprint density at radius 3 is 2.66 bits per heavy atom. The summed E-state index contributed by atoms with van der Waals surface area (Å²) in [6.07, 6.45) is 11.0. The maximum absolute atomic E-state index is 13.2. The van der Waals surface area contributed by atoms with E-state index in [4.69, 9.17) is 4.98 Å². The fraction of sp³-hybridized carbons (Fsp3) is 0.306. The van der Waals surface area contributed by atoms with Gasteiger partial charge in [0.1, 0.15) is 17.8 Å². The zero-order valence-corrected chi connectivity index (χ0v) is 26.2. The lowest BCUT2D eigenvalue weighted by Crippen LogP contribution is -2.33. The van der Waals surface area contributed by atoms with Crippen molar-refractivity contribution in [2.75, 3.05) is 18.0 Å². The molecule has 2 aromatic carbocycles. The van der Waals surface area contributed by atoms with E-state index in [1.165, 1.54) is 16.7 Å². The van der Waals surface area contributed by atoms with E-state index >= 15 is 0 Å². The molecule has 1 saturated heterocycles. The molecule has 0 atom stereocenters. The number of allylic oxidation sites excluding steroid dienone is 2. The van der Waals surface area contributed by atoms with E-state index in [1.807, 2.05) is 47.8 Å². The lowest BCUT2D eigenvalue weighted by Gasteiger charge is -2.32. The number of ketones is 2. The van der Waals surface area contributed by atoms with Gasteiger partial charge >= 0.3 is 0 Å². The summed E-state index contributed by atoms with van der Waals surface area (Å²) >= 11 is 3.33. The molecule has 0 spiro atoms. The monoisotopic (exact) mass is 620 g/mol. The number of carbonyl (C=O) groups excluding carboxylic acids is 2. The first-order valence-electron chi connectivity index (χ1n) is 15.4. The first kappa shape index (κ1) is 28.7. The number of fused-ring (bicyclic) bond motifs is 2. The minimum Gasteiger partial charge on any atom is -0.355 e. The van der Waals surface area contributed by atoms with Gasteiger partial charge in [-0.3, -0.25) is 9.59 Å². The molecule has 0 saturated carbocycles. The second-order valence-electron chi connectivity index (χ2n) is 11.7. The summed E-state index contributed by atoms with van der Waals surface area (Å²) in [5, 5.41) is 5.12. The number of anilines is 1. The Hall–Kier alpha value is -4.01. The van der Waals surface area contributed by atoms with Gasteiger partial charge in [-0.1, -0.05) is 54.1 Å². The molecule has 8 heteroatoms. The van der Waals surface area contributed by atoms with Crippen molar-refractivity contribution < 1.29 is 11.0 Å². The van der Waals surface area contributed by atoms with Crippen molar-refractivity contribution in [3.05, 3.63) is 116 Å². The van der Waals surface area contributed by atoms with Crippen LogP contribution in [0.1, 0.15) is 88.4 Å². The van der Waals surface area contributed by atoms with Crippen LogP contribution in [-0.4, -0.2) is 39.6 Å². The second-order valence-corrected chi connectivity index (χ2v) is 13.5. The highest BCUT2D eigenvalue weighted by Crippen LogP contribution is 2.35. The van der Waals surface area contributed by atoms with Crippen LogP contribution < -0.4 is 4.90 Å². The standard InChI is InChI=1S/C36H34N4O2S2.H2/c41-32(31-22-44-36(39-31)27-15-18-40(19-16-27)35-34-30(17-20-43-34)37-23-38-35)14-10-24-5-4-8-28-21-29(13-12-25(28)11-9-24)33(42)26-6-2-1-3-7-26;/h1-3,6-7,9,12-13,17,20-23,27H,4-5,8,10-11,14-16,18-19H2;1H/b24-9+;. The summed E-state index contributed by atoms with van der Waals surface area (Å²) in [6.45, 7) is 1.86. The summed E-state index contributed by atoms with van der Waals surface area (Å²) in [5.41, 5.74) is 6.99. The molecule has 44 heavy (non-hydrogen) atoms. The van der Waals surface area contributed by atoms with Gasteiger partial charge < -0.3 is 4.90 Å². The number of aromatic nitrogens is 3. The van der Waals surface area contributed by atoms with Crippen LogP contribution in [0.15, 0.2) is 83.3 Å². The van der Waals surface area contributed by atoms with E-state index in [-0.39, 0.29) is 13.0 Å². The van der Waals surface area contributed by atoms with Crippen LogP contribution in [0, 0.1) is 0 Å². The van der Waals surface area contributed by atoms with Gasteiger partial charge in [-0.05, 0) is 73.6 Å². The third kappa shape index (κ3) is 6.14. The molecule has 4 heterocycles. The van der Waals surface area contributed by atoms with Crippen LogP contribution in [-0.2, 0) is 12.8 Å². The number of rotatable bonds is 8. The molecule has 5 aromatic rings. The molecule has 3 aromatic heterocycles. The fourth-order valence-electron chi connectivity index (χ4n) is 6.39. The van der Waals surface area contributed by atoms with Crippen molar-refractivity contribution in [2.45, 2.75) is 57.3 Å². The highest BCUT2D eigenvalue weighted by molar-refractivity contribution is 7.17. The maximum Gasteiger partial charge on any atom is 0.193 e. The number of hydrogen-bond donors (Lipinski definition) is 0. The first-order valence-corrected chi connectivity index (χ1v) is 17.2. The summed E-state index contributed by atoms with van der Waals surface area (Å²) in [4.78, 5) is 42.2. The second kappa shape index (κ2) is 12.9. The van der Waals surface area contributed by atoms with Gasteiger partial charge in [0.05, 0.1) is 15.2 Å². The Morgan fingerprint density at radius 1 is 0.932 bits per heavy atom. The van der Waals surface area contributed by atoms with E-state index in [2.05, 4.69) is 38.5 Å². The maximum atomic E-state index is 13.2. The van der Waals surface area contributed by atoms with Gasteiger partial charge in [0.25, 0.3) is 0 Å². The molecule has 0 amide bonds. The number of hydrogen-bond acceptors (Lipinski definition) is 8. The fourth-order valence-corrected chi connectivity index (χ4v) is 8.25. The highest BCUT2D eigenvalue weighted by Gasteiger charge is 2.26. The van der Waals surface area contributed by atoms with Crippen molar-refractivity contribution in [3.63, 3.8) is 0 Å². The Labute approximate surface area is 267 Å². The van der Waals surface area contributed by atoms with Gasteiger partial charge in [0.15, 0.2) is 11.6 Å². The molecule has 1 aliphatic carbocycles. The number of aryl methyl sites for hydroxylation is 1. The van der Waals surface area contributed by atoms with Crippen LogP contribution in [0.3, 0.4) is 0 Å². The molecule has 0 unspecified atom stereocenters. The van der Waals surface area contributed by atoms with Gasteiger partial charge in [0.2, 0.25) is 0 Å². The summed E-state index contributed by atoms with van der Waals surface area (Å²) in [6, 6.07) is 17.7. The van der Waals surface area contributed by atoms with Crippen molar-refractivity contribution in [3.8, 4) is 0 Å². The van der Waals surface area contributed by atoms with Gasteiger partial charge in [-0.25, -0.2) is 15.0 Å². The Kier molecular flexibility index (Phi) is 8.44. The molecular formula is C36H36N4O2S2. The largest absolute Gasteiger partial charge is 0.355 e. The minimum atomic E-state index is 0. The average molecular weight is 621 g/mol. The number of nitrogens with zero attached hydrogens (tertiary/aromatic N) is 4. The quantitative estimate of drug-likeness (QED) is 0.128. The van der Waals surface area contributed by atoms with Gasteiger partial charge in [-0.15, -0.1) is 22.7 Å². The van der Waals surface area contributed by atoms with Gasteiger partial charge in [-0.2, -0.15) is 0 Å².